The Kier molecular flexibility index (Phi) is 6.26. The average Bonchev–Trinajstić information content (AvgIpc) is 2.30. The molecule has 0 aromatic carbocycles. The van der Waals surface area contributed by atoms with Crippen LogP contribution in [0.4, 0.5) is 0 Å². The second-order valence-corrected chi connectivity index (χ2v) is 7.88. The van der Waals surface area contributed by atoms with Crippen molar-refractivity contribution in [2.75, 3.05) is 5.75 Å². The molecule has 0 unspecified atom stereocenters. The van der Waals surface area contributed by atoms with E-state index in [1.54, 1.807) is 0 Å². The molecule has 0 aromatic rings. The van der Waals surface area contributed by atoms with Crippen molar-refractivity contribution in [3.63, 3.8) is 0 Å². The van der Waals surface area contributed by atoms with Gasteiger partial charge in [0.25, 0.3) is 0 Å². The zero-order valence-electron chi connectivity index (χ0n) is 12.4. The lowest BCUT2D eigenvalue weighted by Gasteiger charge is -2.35. The van der Waals surface area contributed by atoms with Gasteiger partial charge in [-0.3, -0.25) is 0 Å². The summed E-state index contributed by atoms with van der Waals surface area (Å²) in [6.07, 6.45) is 6.17. The average molecular weight is 305 g/mol. The molecule has 1 aliphatic rings. The highest BCUT2D eigenvalue weighted by Gasteiger charge is 2.38. The van der Waals surface area contributed by atoms with E-state index in [9.17, 15) is 8.42 Å². The normalized spacial score (nSPS) is 21.4. The quantitative estimate of drug-likeness (QED) is 0.312. The van der Waals surface area contributed by atoms with Crippen LogP contribution in [0, 0.1) is 5.92 Å². The number of hydrogen-bond acceptors (Lipinski definition) is 4. The molecular weight excluding hydrogens is 278 g/mol. The highest BCUT2D eigenvalue weighted by molar-refractivity contribution is 7.89. The molecule has 1 fully saturated rings. The summed E-state index contributed by atoms with van der Waals surface area (Å²) in [5.41, 5.74) is 4.89. The van der Waals surface area contributed by atoms with E-state index in [2.05, 4.69) is 9.88 Å². The zero-order chi connectivity index (χ0) is 15.2. The predicted octanol–water partition coefficient (Wildman–Crippen LogP) is 1.79. The molecule has 0 saturated heterocycles. The minimum atomic E-state index is -3.44. The summed E-state index contributed by atoms with van der Waals surface area (Å²) in [6.45, 7) is 3.71. The van der Waals surface area contributed by atoms with Gasteiger partial charge in [0.05, 0.1) is 11.3 Å². The molecule has 1 aliphatic carbocycles. The van der Waals surface area contributed by atoms with Gasteiger partial charge in [-0.2, -0.15) is 0 Å². The maximum absolute atomic E-state index is 12.2. The van der Waals surface area contributed by atoms with E-state index < -0.39 is 15.6 Å². The molecule has 0 heterocycles. The molecule has 1 saturated carbocycles. The molecule has 118 valence electrons. The van der Waals surface area contributed by atoms with Crippen LogP contribution < -0.4 is 10.5 Å². The van der Waals surface area contributed by atoms with Crippen LogP contribution in [-0.2, 0) is 10.0 Å². The topological polar surface area (TPSA) is 105 Å². The van der Waals surface area contributed by atoms with Crippen molar-refractivity contribution in [3.05, 3.63) is 0 Å². The lowest BCUT2D eigenvalue weighted by molar-refractivity contribution is 0.299. The molecule has 0 aliphatic heterocycles. The minimum absolute atomic E-state index is 0.0215. The summed E-state index contributed by atoms with van der Waals surface area (Å²) in [5.74, 6) is 0.0603. The third-order valence-corrected chi connectivity index (χ3v) is 5.52. The molecule has 0 radical (unpaired) electrons. The summed E-state index contributed by atoms with van der Waals surface area (Å²) >= 11 is 0. The van der Waals surface area contributed by atoms with Crippen LogP contribution in [0.15, 0.2) is 5.16 Å². The van der Waals surface area contributed by atoms with E-state index in [1.165, 1.54) is 0 Å². The number of nitrogens with two attached hydrogens (primary N) is 1. The van der Waals surface area contributed by atoms with Crippen molar-refractivity contribution < 1.29 is 13.6 Å². The van der Waals surface area contributed by atoms with E-state index in [4.69, 9.17) is 10.9 Å². The summed E-state index contributed by atoms with van der Waals surface area (Å²) in [6, 6.07) is 0. The maximum Gasteiger partial charge on any atom is 0.212 e. The molecule has 4 N–H and O–H groups in total. The second-order valence-electron chi connectivity index (χ2n) is 6.11. The number of nitrogens with one attached hydrogen (secondary N) is 1. The Labute approximate surface area is 121 Å². The molecule has 1 rings (SSSR count). The predicted molar refractivity (Wildman–Crippen MR) is 80.2 cm³/mol. The van der Waals surface area contributed by atoms with Gasteiger partial charge in [-0.25, -0.2) is 13.1 Å². The zero-order valence-corrected chi connectivity index (χ0v) is 13.2. The van der Waals surface area contributed by atoms with Crippen LogP contribution >= 0.6 is 0 Å². The Hall–Kier alpha value is -0.820. The Morgan fingerprint density at radius 1 is 1.25 bits per heavy atom. The Morgan fingerprint density at radius 3 is 2.20 bits per heavy atom. The van der Waals surface area contributed by atoms with Gasteiger partial charge < -0.3 is 10.9 Å². The highest BCUT2D eigenvalue weighted by Crippen LogP contribution is 2.27. The first kappa shape index (κ1) is 17.2. The summed E-state index contributed by atoms with van der Waals surface area (Å²) < 4.78 is 27.2. The molecular formula is C13H27N3O3S. The van der Waals surface area contributed by atoms with Gasteiger partial charge in [-0.1, -0.05) is 51.1 Å². The van der Waals surface area contributed by atoms with Crippen molar-refractivity contribution in [3.8, 4) is 0 Å². The Balaban J connectivity index is 2.98. The van der Waals surface area contributed by atoms with Crippen LogP contribution in [0.3, 0.4) is 0 Å². The number of nitrogens with zero attached hydrogens (tertiary/aromatic N) is 1. The standard InChI is InChI=1S/C13H27N3O3S/c1-11(2)10-20(18,19)16-13(12(14)15-17)8-6-4-3-5-7-9-13/h11,16-17H,3-10H2,1-2H3,(H2,14,15). The van der Waals surface area contributed by atoms with Gasteiger partial charge in [-0.05, 0) is 18.8 Å². The molecule has 0 amide bonds. The highest BCUT2D eigenvalue weighted by atomic mass is 32.2. The Bertz CT molecular complexity index is 424. The first-order valence-electron chi connectivity index (χ1n) is 7.31. The van der Waals surface area contributed by atoms with Crippen molar-refractivity contribution in [2.24, 2.45) is 16.8 Å². The molecule has 0 bridgehead atoms. The third-order valence-electron chi connectivity index (χ3n) is 3.71. The second kappa shape index (κ2) is 7.26. The first-order chi connectivity index (χ1) is 9.31. The smallest absolute Gasteiger partial charge is 0.212 e. The van der Waals surface area contributed by atoms with Gasteiger partial charge in [0.2, 0.25) is 10.0 Å². The van der Waals surface area contributed by atoms with E-state index >= 15 is 0 Å². The number of amidine groups is 1. The molecule has 7 heteroatoms. The van der Waals surface area contributed by atoms with E-state index in [-0.39, 0.29) is 17.5 Å². The van der Waals surface area contributed by atoms with Crippen LogP contribution in [-0.4, -0.2) is 30.8 Å². The SMILES string of the molecule is CC(C)CS(=O)(=O)NC1(C(N)=NO)CCCCCCC1. The molecule has 6 nitrogen and oxygen atoms in total. The number of hydrogen-bond donors (Lipinski definition) is 3. The van der Waals surface area contributed by atoms with Gasteiger partial charge in [0.1, 0.15) is 0 Å². The lowest BCUT2D eigenvalue weighted by Crippen LogP contribution is -2.58. The fourth-order valence-electron chi connectivity index (χ4n) is 2.79. The molecule has 0 spiro atoms. The van der Waals surface area contributed by atoms with Gasteiger partial charge >= 0.3 is 0 Å². The molecule has 0 atom stereocenters. The van der Waals surface area contributed by atoms with Crippen molar-refractivity contribution in [1.29, 1.82) is 0 Å². The van der Waals surface area contributed by atoms with Gasteiger partial charge in [-0.15, -0.1) is 0 Å². The summed E-state index contributed by atoms with van der Waals surface area (Å²) in [4.78, 5) is 0. The number of oxime groups is 1. The largest absolute Gasteiger partial charge is 0.409 e. The lowest BCUT2D eigenvalue weighted by atomic mass is 9.84. The van der Waals surface area contributed by atoms with Crippen LogP contribution in [0.5, 0.6) is 0 Å². The first-order valence-corrected chi connectivity index (χ1v) is 8.96. The van der Waals surface area contributed by atoms with Gasteiger partial charge in [0, 0.05) is 0 Å². The van der Waals surface area contributed by atoms with Crippen LogP contribution in [0.1, 0.15) is 58.8 Å². The van der Waals surface area contributed by atoms with E-state index in [0.29, 0.717) is 12.8 Å². The maximum atomic E-state index is 12.2. The summed E-state index contributed by atoms with van der Waals surface area (Å²) in [5, 5.41) is 12.1. The van der Waals surface area contributed by atoms with Crippen molar-refractivity contribution in [2.45, 2.75) is 64.3 Å². The third kappa shape index (κ3) is 4.94. The van der Waals surface area contributed by atoms with Gasteiger partial charge in [0.15, 0.2) is 5.84 Å². The number of sulfonamides is 1. The fraction of sp³-hybridized carbons (Fsp3) is 0.923. The van der Waals surface area contributed by atoms with E-state index in [0.717, 1.165) is 32.1 Å². The van der Waals surface area contributed by atoms with Crippen molar-refractivity contribution >= 4 is 15.9 Å². The van der Waals surface area contributed by atoms with Crippen molar-refractivity contribution in [1.82, 2.24) is 4.72 Å². The van der Waals surface area contributed by atoms with E-state index in [1.807, 2.05) is 13.8 Å². The van der Waals surface area contributed by atoms with Crippen LogP contribution in [0.25, 0.3) is 0 Å². The summed E-state index contributed by atoms with van der Waals surface area (Å²) in [7, 11) is -3.44. The Morgan fingerprint density at radius 2 is 1.75 bits per heavy atom. The molecule has 20 heavy (non-hydrogen) atoms. The fourth-order valence-corrected chi connectivity index (χ4v) is 4.66. The molecule has 0 aromatic heterocycles. The minimum Gasteiger partial charge on any atom is -0.409 e. The monoisotopic (exact) mass is 305 g/mol. The number of rotatable bonds is 5. The van der Waals surface area contributed by atoms with Crippen LogP contribution in [0.2, 0.25) is 0 Å².